The van der Waals surface area contributed by atoms with Crippen LogP contribution < -0.4 is 5.09 Å². The van der Waals surface area contributed by atoms with E-state index in [0.29, 0.717) is 0 Å². The van der Waals surface area contributed by atoms with Gasteiger partial charge in [-0.2, -0.15) is 0 Å². The molecule has 0 fully saturated rings. The summed E-state index contributed by atoms with van der Waals surface area (Å²) in [6.07, 6.45) is 0. The topological polar surface area (TPSA) is 24.4 Å². The van der Waals surface area contributed by atoms with Crippen LogP contribution in [0.1, 0.15) is 0 Å². The summed E-state index contributed by atoms with van der Waals surface area (Å²) in [5.41, 5.74) is 0. The van der Waals surface area contributed by atoms with Crippen LogP contribution in [-0.2, 0) is 11.8 Å². The van der Waals surface area contributed by atoms with Crippen molar-refractivity contribution in [1.29, 1.82) is 0 Å². The predicted molar refractivity (Wildman–Crippen MR) is 42.2 cm³/mol. The van der Waals surface area contributed by atoms with Gasteiger partial charge in [0.25, 0.3) is 0 Å². The lowest BCUT2D eigenvalue weighted by Gasteiger charge is -1.90. The summed E-state index contributed by atoms with van der Waals surface area (Å²) in [5, 5.41) is 3.95. The lowest BCUT2D eigenvalue weighted by atomic mass is 10.8. The summed E-state index contributed by atoms with van der Waals surface area (Å²) in [7, 11) is 0.777. The Bertz CT molecular complexity index is 124. The second-order valence-electron chi connectivity index (χ2n) is 1.24. The highest BCUT2D eigenvalue weighted by Crippen LogP contribution is 2.10. The summed E-state index contributed by atoms with van der Waals surface area (Å²) < 4.78 is 0. The quantitative estimate of drug-likeness (QED) is 0.585. The highest BCUT2D eigenvalue weighted by atomic mass is 32.4. The van der Waals surface area contributed by atoms with Crippen LogP contribution in [0.4, 0.5) is 0 Å². The van der Waals surface area contributed by atoms with Gasteiger partial charge >= 0.3 is 0 Å². The molecular formula is C3H5N2PS2. The average molecular weight is 164 g/mol. The molecule has 0 amide bonds. The number of rotatable bonds is 1. The zero-order chi connectivity index (χ0) is 5.82. The van der Waals surface area contributed by atoms with Crippen molar-refractivity contribution in [2.75, 3.05) is 12.3 Å². The summed E-state index contributed by atoms with van der Waals surface area (Å²) in [4.78, 5) is 4.12. The van der Waals surface area contributed by atoms with Gasteiger partial charge in [0.1, 0.15) is 0 Å². The molecule has 0 bridgehead atoms. The number of hydrogen-bond donors (Lipinski definition) is 1. The van der Waals surface area contributed by atoms with Crippen LogP contribution >= 0.6 is 19.3 Å². The van der Waals surface area contributed by atoms with E-state index in [1.165, 1.54) is 0 Å². The molecule has 0 aromatic rings. The van der Waals surface area contributed by atoms with Crippen LogP contribution in [0.5, 0.6) is 0 Å². The number of nitrogens with one attached hydrogen (secondary N) is 1. The fourth-order valence-electron chi connectivity index (χ4n) is 0.442. The van der Waals surface area contributed by atoms with Crippen molar-refractivity contribution in [3.63, 3.8) is 0 Å². The van der Waals surface area contributed by atoms with E-state index in [1.54, 1.807) is 11.8 Å². The van der Waals surface area contributed by atoms with Gasteiger partial charge in [-0.15, -0.1) is 0 Å². The molecule has 0 saturated carbocycles. The molecule has 0 aromatic heterocycles. The Morgan fingerprint density at radius 1 is 1.88 bits per heavy atom. The standard InChI is InChI=1S/C3H5N2PS2/c7-6-5-3-4-1-2-8-3/h1-2H2,(H,4,5,7). The Morgan fingerprint density at radius 3 is 3.25 bits per heavy atom. The lowest BCUT2D eigenvalue weighted by molar-refractivity contribution is 1.17. The minimum absolute atomic E-state index is 0.777. The first kappa shape index (κ1) is 6.46. The van der Waals surface area contributed by atoms with Crippen LogP contribution in [0.25, 0.3) is 0 Å². The van der Waals surface area contributed by atoms with Crippen molar-refractivity contribution < 1.29 is 0 Å². The maximum Gasteiger partial charge on any atom is 0.164 e. The van der Waals surface area contributed by atoms with Crippen molar-refractivity contribution >= 4 is 36.2 Å². The van der Waals surface area contributed by atoms with Gasteiger partial charge in [-0.1, -0.05) is 11.8 Å². The second-order valence-corrected chi connectivity index (χ2v) is 3.28. The molecule has 1 N–H and O–H groups in total. The smallest absolute Gasteiger partial charge is 0.164 e. The molecule has 5 heteroatoms. The summed E-state index contributed by atoms with van der Waals surface area (Å²) >= 11 is 6.39. The molecule has 0 aromatic carbocycles. The molecular weight excluding hydrogens is 159 g/mol. The maximum absolute atomic E-state index is 4.66. The molecule has 1 aliphatic rings. The third-order valence-electron chi connectivity index (χ3n) is 0.727. The molecule has 44 valence electrons. The zero-order valence-corrected chi connectivity index (χ0v) is 6.65. The van der Waals surface area contributed by atoms with Gasteiger partial charge < -0.3 is 5.09 Å². The van der Waals surface area contributed by atoms with Crippen molar-refractivity contribution in [3.8, 4) is 0 Å². The molecule has 2 nitrogen and oxygen atoms in total. The minimum atomic E-state index is 0.777. The van der Waals surface area contributed by atoms with Crippen molar-refractivity contribution in [1.82, 2.24) is 5.09 Å². The van der Waals surface area contributed by atoms with Crippen molar-refractivity contribution in [2.24, 2.45) is 4.99 Å². The first-order chi connectivity index (χ1) is 3.93. The molecule has 0 radical (unpaired) electrons. The van der Waals surface area contributed by atoms with Gasteiger partial charge in [0.05, 0.1) is 14.1 Å². The molecule has 1 aliphatic heterocycles. The zero-order valence-electron chi connectivity index (χ0n) is 4.13. The van der Waals surface area contributed by atoms with E-state index >= 15 is 0 Å². The van der Waals surface area contributed by atoms with Gasteiger partial charge in [-0.3, -0.25) is 4.99 Å². The largest absolute Gasteiger partial charge is 0.309 e. The third-order valence-corrected chi connectivity index (χ3v) is 2.35. The van der Waals surface area contributed by atoms with Gasteiger partial charge in [0, 0.05) is 5.75 Å². The number of aliphatic imine (C=N–C) groups is 1. The van der Waals surface area contributed by atoms with E-state index in [2.05, 4.69) is 21.9 Å². The number of hydrogen-bond acceptors (Lipinski definition) is 3. The molecule has 0 spiro atoms. The Labute approximate surface area is 59.0 Å². The van der Waals surface area contributed by atoms with Gasteiger partial charge in [0.2, 0.25) is 0 Å². The predicted octanol–water partition coefficient (Wildman–Crippen LogP) is 1.00. The van der Waals surface area contributed by atoms with Gasteiger partial charge in [-0.05, 0) is 11.8 Å². The van der Waals surface area contributed by atoms with Crippen LogP contribution in [0.15, 0.2) is 4.99 Å². The van der Waals surface area contributed by atoms with E-state index in [-0.39, 0.29) is 0 Å². The normalized spacial score (nSPS) is 18.8. The Kier molecular flexibility index (Phi) is 2.73. The van der Waals surface area contributed by atoms with E-state index in [4.69, 9.17) is 0 Å². The molecule has 0 unspecified atom stereocenters. The van der Waals surface area contributed by atoms with Gasteiger partial charge in [-0.25, -0.2) is 0 Å². The molecule has 0 aliphatic carbocycles. The number of amidine groups is 1. The second kappa shape index (κ2) is 3.38. The molecule has 1 rings (SSSR count). The van der Waals surface area contributed by atoms with E-state index in [9.17, 15) is 0 Å². The fraction of sp³-hybridized carbons (Fsp3) is 0.667. The fourth-order valence-corrected chi connectivity index (χ4v) is 1.98. The van der Waals surface area contributed by atoms with Crippen molar-refractivity contribution in [3.05, 3.63) is 0 Å². The van der Waals surface area contributed by atoms with Crippen molar-refractivity contribution in [2.45, 2.75) is 0 Å². The summed E-state index contributed by atoms with van der Waals surface area (Å²) in [6, 6.07) is 0. The Morgan fingerprint density at radius 2 is 2.75 bits per heavy atom. The SMILES string of the molecule is S=PNC1=NCCS1. The number of thioether (sulfide) groups is 1. The highest BCUT2D eigenvalue weighted by Gasteiger charge is 2.02. The molecule has 8 heavy (non-hydrogen) atoms. The Balaban J connectivity index is 2.33. The average Bonchev–Trinajstić information content (AvgIpc) is 2.19. The van der Waals surface area contributed by atoms with Gasteiger partial charge in [0.15, 0.2) is 5.17 Å². The lowest BCUT2D eigenvalue weighted by Crippen LogP contribution is -2.03. The highest BCUT2D eigenvalue weighted by molar-refractivity contribution is 8.14. The van der Waals surface area contributed by atoms with Crippen LogP contribution in [-0.4, -0.2) is 17.5 Å². The summed E-state index contributed by atoms with van der Waals surface area (Å²) in [6.45, 7) is 0.942. The Hall–Kier alpha value is 0.340. The summed E-state index contributed by atoms with van der Waals surface area (Å²) in [5.74, 6) is 1.10. The number of nitrogens with zero attached hydrogens (tertiary/aromatic N) is 1. The van der Waals surface area contributed by atoms with Crippen LogP contribution in [0.2, 0.25) is 0 Å². The van der Waals surface area contributed by atoms with Crippen LogP contribution in [0.3, 0.4) is 0 Å². The molecule has 1 heterocycles. The monoisotopic (exact) mass is 164 g/mol. The van der Waals surface area contributed by atoms with Crippen LogP contribution in [0, 0.1) is 0 Å². The molecule has 0 saturated heterocycles. The van der Waals surface area contributed by atoms with E-state index < -0.39 is 0 Å². The third kappa shape index (κ3) is 1.69. The first-order valence-corrected chi connectivity index (χ1v) is 5.08. The first-order valence-electron chi connectivity index (χ1n) is 2.19. The molecule has 0 atom stereocenters. The minimum Gasteiger partial charge on any atom is -0.309 e. The maximum atomic E-state index is 4.66. The van der Waals surface area contributed by atoms with E-state index in [1.807, 2.05) is 0 Å². The van der Waals surface area contributed by atoms with E-state index in [0.717, 1.165) is 25.0 Å².